The van der Waals surface area contributed by atoms with E-state index in [0.29, 0.717) is 0 Å². The van der Waals surface area contributed by atoms with Crippen molar-refractivity contribution < 1.29 is 9.84 Å². The Kier molecular flexibility index (Phi) is 4.48. The van der Waals surface area contributed by atoms with Gasteiger partial charge in [-0.3, -0.25) is 0 Å². The fourth-order valence-corrected chi connectivity index (χ4v) is 3.64. The third-order valence-electron chi connectivity index (χ3n) is 3.51. The predicted octanol–water partition coefficient (Wildman–Crippen LogP) is 2.91. The van der Waals surface area contributed by atoms with Gasteiger partial charge in [-0.25, -0.2) is 0 Å². The van der Waals surface area contributed by atoms with Gasteiger partial charge >= 0.3 is 0 Å². The highest BCUT2D eigenvalue weighted by molar-refractivity contribution is 7.99. The standard InChI is InChI=1S/C14H20O2S/c1-10(7-8-16-2)14(15)12-9-17-13-6-4-3-5-11(12)13/h3-6,10,12,14-15H,7-9H2,1-2H3. The monoisotopic (exact) mass is 252 g/mol. The third-order valence-corrected chi connectivity index (χ3v) is 4.72. The molecule has 0 spiro atoms. The van der Waals surface area contributed by atoms with Crippen LogP contribution < -0.4 is 0 Å². The third kappa shape index (κ3) is 2.84. The molecule has 0 bridgehead atoms. The van der Waals surface area contributed by atoms with Gasteiger partial charge in [-0.15, -0.1) is 11.8 Å². The molecule has 3 heteroatoms. The number of thioether (sulfide) groups is 1. The largest absolute Gasteiger partial charge is 0.392 e. The van der Waals surface area contributed by atoms with Gasteiger partial charge in [-0.2, -0.15) is 0 Å². The van der Waals surface area contributed by atoms with E-state index >= 15 is 0 Å². The van der Waals surface area contributed by atoms with E-state index in [2.05, 4.69) is 31.2 Å². The molecule has 1 heterocycles. The van der Waals surface area contributed by atoms with Gasteiger partial charge in [0, 0.05) is 30.3 Å². The number of aliphatic hydroxyl groups excluding tert-OH is 1. The number of methoxy groups -OCH3 is 1. The maximum Gasteiger partial charge on any atom is 0.0643 e. The topological polar surface area (TPSA) is 29.5 Å². The van der Waals surface area contributed by atoms with Crippen molar-refractivity contribution in [3.8, 4) is 0 Å². The molecule has 2 nitrogen and oxygen atoms in total. The molecular weight excluding hydrogens is 232 g/mol. The summed E-state index contributed by atoms with van der Waals surface area (Å²) in [5.74, 6) is 1.56. The first-order chi connectivity index (χ1) is 8.24. The molecule has 1 aromatic carbocycles. The second-order valence-electron chi connectivity index (χ2n) is 4.70. The minimum atomic E-state index is -0.263. The minimum Gasteiger partial charge on any atom is -0.392 e. The number of aliphatic hydroxyl groups is 1. The van der Waals surface area contributed by atoms with Crippen LogP contribution in [0.4, 0.5) is 0 Å². The molecule has 2 rings (SSSR count). The first kappa shape index (κ1) is 12.9. The summed E-state index contributed by atoms with van der Waals surface area (Å²) >= 11 is 1.85. The van der Waals surface area contributed by atoms with E-state index in [4.69, 9.17) is 4.74 Å². The molecule has 0 fully saturated rings. The fraction of sp³-hybridized carbons (Fsp3) is 0.571. The quantitative estimate of drug-likeness (QED) is 0.873. The summed E-state index contributed by atoms with van der Waals surface area (Å²) in [6, 6.07) is 8.41. The summed E-state index contributed by atoms with van der Waals surface area (Å²) in [6.07, 6.45) is 0.655. The fourth-order valence-electron chi connectivity index (χ4n) is 2.34. The predicted molar refractivity (Wildman–Crippen MR) is 71.6 cm³/mol. The van der Waals surface area contributed by atoms with Crippen LogP contribution in [0.2, 0.25) is 0 Å². The molecule has 0 radical (unpaired) electrons. The Balaban J connectivity index is 2.04. The van der Waals surface area contributed by atoms with Crippen LogP contribution in [-0.4, -0.2) is 30.7 Å². The van der Waals surface area contributed by atoms with E-state index < -0.39 is 0 Å². The number of hydrogen-bond donors (Lipinski definition) is 1. The highest BCUT2D eigenvalue weighted by Gasteiger charge is 2.31. The first-order valence-corrected chi connectivity index (χ1v) is 7.11. The van der Waals surface area contributed by atoms with E-state index in [9.17, 15) is 5.11 Å². The highest BCUT2D eigenvalue weighted by Crippen LogP contribution is 2.42. The van der Waals surface area contributed by atoms with Crippen LogP contribution in [0.1, 0.15) is 24.8 Å². The van der Waals surface area contributed by atoms with Crippen molar-refractivity contribution >= 4 is 11.8 Å². The number of rotatable bonds is 5. The average Bonchev–Trinajstić information content (AvgIpc) is 2.78. The van der Waals surface area contributed by atoms with E-state index in [0.717, 1.165) is 18.8 Å². The number of fused-ring (bicyclic) bond motifs is 1. The van der Waals surface area contributed by atoms with Gasteiger partial charge in [-0.1, -0.05) is 25.1 Å². The summed E-state index contributed by atoms with van der Waals surface area (Å²) < 4.78 is 5.08. The Morgan fingerprint density at radius 3 is 3.00 bits per heavy atom. The van der Waals surface area contributed by atoms with Gasteiger partial charge in [0.25, 0.3) is 0 Å². The van der Waals surface area contributed by atoms with Crippen molar-refractivity contribution in [3.63, 3.8) is 0 Å². The second kappa shape index (κ2) is 5.89. The van der Waals surface area contributed by atoms with Crippen LogP contribution in [-0.2, 0) is 4.74 Å². The molecule has 0 amide bonds. The van der Waals surface area contributed by atoms with Crippen molar-refractivity contribution in [1.82, 2.24) is 0 Å². The van der Waals surface area contributed by atoms with Gasteiger partial charge in [0.05, 0.1) is 6.10 Å². The number of hydrogen-bond acceptors (Lipinski definition) is 3. The molecule has 0 aromatic heterocycles. The highest BCUT2D eigenvalue weighted by atomic mass is 32.2. The Morgan fingerprint density at radius 2 is 2.24 bits per heavy atom. The van der Waals surface area contributed by atoms with E-state index in [1.165, 1.54) is 10.5 Å². The Morgan fingerprint density at radius 1 is 1.47 bits per heavy atom. The molecule has 1 aliphatic rings. The van der Waals surface area contributed by atoms with Gasteiger partial charge in [-0.05, 0) is 24.0 Å². The zero-order chi connectivity index (χ0) is 12.3. The molecular formula is C14H20O2S. The summed E-state index contributed by atoms with van der Waals surface area (Å²) in [7, 11) is 1.71. The van der Waals surface area contributed by atoms with Gasteiger partial charge in [0.1, 0.15) is 0 Å². The first-order valence-electron chi connectivity index (χ1n) is 6.12. The van der Waals surface area contributed by atoms with E-state index in [1.807, 2.05) is 11.8 Å². The van der Waals surface area contributed by atoms with Gasteiger partial charge in [0.15, 0.2) is 0 Å². The maximum absolute atomic E-state index is 10.4. The van der Waals surface area contributed by atoms with E-state index in [-0.39, 0.29) is 17.9 Å². The molecule has 0 aliphatic carbocycles. The molecule has 3 unspecified atom stereocenters. The summed E-state index contributed by atoms with van der Waals surface area (Å²) in [4.78, 5) is 1.33. The molecule has 1 aromatic rings. The van der Waals surface area contributed by atoms with Crippen molar-refractivity contribution in [2.75, 3.05) is 19.5 Å². The van der Waals surface area contributed by atoms with Crippen LogP contribution in [0.3, 0.4) is 0 Å². The molecule has 3 atom stereocenters. The lowest BCUT2D eigenvalue weighted by molar-refractivity contribution is 0.0727. The second-order valence-corrected chi connectivity index (χ2v) is 5.77. The van der Waals surface area contributed by atoms with Gasteiger partial charge < -0.3 is 9.84 Å². The molecule has 17 heavy (non-hydrogen) atoms. The maximum atomic E-state index is 10.4. The van der Waals surface area contributed by atoms with Crippen LogP contribution in [0.25, 0.3) is 0 Å². The van der Waals surface area contributed by atoms with Crippen LogP contribution >= 0.6 is 11.8 Å². The zero-order valence-electron chi connectivity index (χ0n) is 10.4. The zero-order valence-corrected chi connectivity index (χ0v) is 11.2. The molecule has 0 saturated heterocycles. The van der Waals surface area contributed by atoms with E-state index in [1.54, 1.807) is 7.11 Å². The molecule has 1 N–H and O–H groups in total. The normalized spacial score (nSPS) is 22.2. The van der Waals surface area contributed by atoms with Crippen molar-refractivity contribution in [2.45, 2.75) is 30.3 Å². The summed E-state index contributed by atoms with van der Waals surface area (Å²) in [6.45, 7) is 2.83. The summed E-state index contributed by atoms with van der Waals surface area (Å²) in [5.41, 5.74) is 1.31. The Labute approximate surface area is 107 Å². The summed E-state index contributed by atoms with van der Waals surface area (Å²) in [5, 5.41) is 10.4. The van der Waals surface area contributed by atoms with Crippen molar-refractivity contribution in [2.24, 2.45) is 5.92 Å². The van der Waals surface area contributed by atoms with Crippen LogP contribution in [0.5, 0.6) is 0 Å². The number of ether oxygens (including phenoxy) is 1. The smallest absolute Gasteiger partial charge is 0.0643 e. The average molecular weight is 252 g/mol. The van der Waals surface area contributed by atoms with Gasteiger partial charge in [0.2, 0.25) is 0 Å². The minimum absolute atomic E-state index is 0.263. The lowest BCUT2D eigenvalue weighted by atomic mass is 9.86. The Hall–Kier alpha value is -0.510. The lowest BCUT2D eigenvalue weighted by Gasteiger charge is -2.24. The lowest BCUT2D eigenvalue weighted by Crippen LogP contribution is -2.27. The molecule has 0 saturated carbocycles. The van der Waals surface area contributed by atoms with Crippen LogP contribution in [0, 0.1) is 5.92 Å². The van der Waals surface area contributed by atoms with Crippen molar-refractivity contribution in [1.29, 1.82) is 0 Å². The molecule has 1 aliphatic heterocycles. The number of benzene rings is 1. The SMILES string of the molecule is COCCC(C)C(O)C1CSc2ccccc21. The van der Waals surface area contributed by atoms with Crippen molar-refractivity contribution in [3.05, 3.63) is 29.8 Å². The Bertz CT molecular complexity index is 367. The molecule has 94 valence electrons. The van der Waals surface area contributed by atoms with Crippen LogP contribution in [0.15, 0.2) is 29.2 Å².